The smallest absolute Gasteiger partial charge is 0.196 e. The molecular formula is C14H6N2O2S. The highest BCUT2D eigenvalue weighted by Crippen LogP contribution is 2.33. The van der Waals surface area contributed by atoms with E-state index in [2.05, 4.69) is 9.59 Å². The molecule has 0 saturated carbocycles. The fourth-order valence-corrected chi connectivity index (χ4v) is 3.13. The van der Waals surface area contributed by atoms with Gasteiger partial charge in [-0.05, 0) is 23.7 Å². The maximum Gasteiger partial charge on any atom is 0.196 e. The molecule has 4 rings (SSSR count). The monoisotopic (exact) mass is 266 g/mol. The SMILES string of the molecule is O=C1c2ccccc2C(=O)c2c1ccc1nnsc21. The van der Waals surface area contributed by atoms with Crippen LogP contribution in [0.1, 0.15) is 31.8 Å². The molecule has 1 heterocycles. The number of aromatic nitrogens is 2. The molecule has 0 saturated heterocycles. The van der Waals surface area contributed by atoms with E-state index in [1.54, 1.807) is 36.4 Å². The van der Waals surface area contributed by atoms with Crippen LogP contribution in [0.2, 0.25) is 0 Å². The fraction of sp³-hybridized carbons (Fsp3) is 0. The zero-order valence-corrected chi connectivity index (χ0v) is 10.4. The van der Waals surface area contributed by atoms with Crippen LogP contribution < -0.4 is 0 Å². The number of hydrogen-bond donors (Lipinski definition) is 0. The summed E-state index contributed by atoms with van der Waals surface area (Å²) in [6.07, 6.45) is 0. The lowest BCUT2D eigenvalue weighted by Gasteiger charge is -2.16. The van der Waals surface area contributed by atoms with E-state index in [9.17, 15) is 9.59 Å². The normalized spacial score (nSPS) is 13.5. The number of benzene rings is 2. The zero-order chi connectivity index (χ0) is 13.0. The summed E-state index contributed by atoms with van der Waals surface area (Å²) in [6.45, 7) is 0. The Hall–Kier alpha value is -2.40. The van der Waals surface area contributed by atoms with E-state index < -0.39 is 0 Å². The van der Waals surface area contributed by atoms with Gasteiger partial charge in [0, 0.05) is 16.7 Å². The van der Waals surface area contributed by atoms with Crippen molar-refractivity contribution in [2.24, 2.45) is 0 Å². The van der Waals surface area contributed by atoms with Crippen molar-refractivity contribution in [2.45, 2.75) is 0 Å². The van der Waals surface area contributed by atoms with E-state index in [4.69, 9.17) is 0 Å². The Morgan fingerprint density at radius 1 is 0.842 bits per heavy atom. The third-order valence-corrected chi connectivity index (χ3v) is 4.06. The number of carbonyl (C=O) groups is 2. The van der Waals surface area contributed by atoms with Crippen LogP contribution in [-0.2, 0) is 0 Å². The molecule has 0 radical (unpaired) electrons. The van der Waals surface area contributed by atoms with Crippen LogP contribution in [0.25, 0.3) is 10.2 Å². The second-order valence-corrected chi connectivity index (χ2v) is 5.07. The van der Waals surface area contributed by atoms with Crippen molar-refractivity contribution in [3.8, 4) is 0 Å². The zero-order valence-electron chi connectivity index (χ0n) is 9.58. The van der Waals surface area contributed by atoms with Gasteiger partial charge in [0.2, 0.25) is 0 Å². The number of carbonyl (C=O) groups excluding carboxylic acids is 2. The molecule has 0 N–H and O–H groups in total. The molecule has 0 unspecified atom stereocenters. The highest BCUT2D eigenvalue weighted by atomic mass is 32.1. The van der Waals surface area contributed by atoms with Gasteiger partial charge in [-0.2, -0.15) is 0 Å². The Kier molecular flexibility index (Phi) is 1.97. The van der Waals surface area contributed by atoms with Crippen molar-refractivity contribution in [1.82, 2.24) is 9.59 Å². The first-order chi connectivity index (χ1) is 9.27. The Morgan fingerprint density at radius 2 is 1.58 bits per heavy atom. The minimum atomic E-state index is -0.123. The van der Waals surface area contributed by atoms with Crippen LogP contribution in [0.4, 0.5) is 0 Å². The van der Waals surface area contributed by atoms with E-state index in [0.717, 1.165) is 11.5 Å². The maximum atomic E-state index is 12.6. The first kappa shape index (κ1) is 10.5. The fourth-order valence-electron chi connectivity index (χ4n) is 2.42. The molecule has 1 aliphatic carbocycles. The first-order valence-electron chi connectivity index (χ1n) is 5.71. The van der Waals surface area contributed by atoms with Gasteiger partial charge in [0.1, 0.15) is 5.52 Å². The van der Waals surface area contributed by atoms with E-state index in [0.29, 0.717) is 32.5 Å². The molecule has 1 aliphatic rings. The van der Waals surface area contributed by atoms with Crippen LogP contribution in [-0.4, -0.2) is 21.2 Å². The molecule has 5 heteroatoms. The average molecular weight is 266 g/mol. The van der Waals surface area contributed by atoms with Gasteiger partial charge in [0.05, 0.1) is 10.3 Å². The quantitative estimate of drug-likeness (QED) is 0.490. The Labute approximate surface area is 111 Å². The van der Waals surface area contributed by atoms with Crippen molar-refractivity contribution in [3.05, 3.63) is 58.7 Å². The summed E-state index contributed by atoms with van der Waals surface area (Å²) >= 11 is 1.15. The third-order valence-electron chi connectivity index (χ3n) is 3.31. The summed E-state index contributed by atoms with van der Waals surface area (Å²) in [7, 11) is 0. The highest BCUT2D eigenvalue weighted by Gasteiger charge is 2.31. The predicted octanol–water partition coefficient (Wildman–Crippen LogP) is 2.47. The standard InChI is InChI=1S/C14H6N2O2S/c17-12-7-3-1-2-4-8(7)13(18)11-9(12)5-6-10-14(11)19-16-15-10/h1-6H. The van der Waals surface area contributed by atoms with Gasteiger partial charge in [-0.15, -0.1) is 5.10 Å². The van der Waals surface area contributed by atoms with Crippen molar-refractivity contribution in [3.63, 3.8) is 0 Å². The molecule has 0 atom stereocenters. The van der Waals surface area contributed by atoms with Gasteiger partial charge in [0.25, 0.3) is 0 Å². The van der Waals surface area contributed by atoms with Gasteiger partial charge < -0.3 is 0 Å². The van der Waals surface area contributed by atoms with Crippen LogP contribution in [0.5, 0.6) is 0 Å². The second-order valence-electron chi connectivity index (χ2n) is 4.31. The van der Waals surface area contributed by atoms with E-state index in [1.165, 1.54) is 0 Å². The summed E-state index contributed by atoms with van der Waals surface area (Å²) in [4.78, 5) is 25.0. The molecule has 0 amide bonds. The van der Waals surface area contributed by atoms with E-state index >= 15 is 0 Å². The van der Waals surface area contributed by atoms with Gasteiger partial charge >= 0.3 is 0 Å². The largest absolute Gasteiger partial charge is 0.289 e. The van der Waals surface area contributed by atoms with Crippen molar-refractivity contribution < 1.29 is 9.59 Å². The number of rotatable bonds is 0. The minimum absolute atomic E-state index is 0.111. The minimum Gasteiger partial charge on any atom is -0.289 e. The molecule has 19 heavy (non-hydrogen) atoms. The molecule has 3 aromatic rings. The van der Waals surface area contributed by atoms with E-state index in [-0.39, 0.29) is 11.6 Å². The van der Waals surface area contributed by atoms with E-state index in [1.807, 2.05) is 0 Å². The van der Waals surface area contributed by atoms with Crippen LogP contribution >= 0.6 is 11.5 Å². The molecule has 1 aromatic heterocycles. The molecular weight excluding hydrogens is 260 g/mol. The Bertz CT molecular complexity index is 867. The summed E-state index contributed by atoms with van der Waals surface area (Å²) in [5.41, 5.74) is 2.47. The van der Waals surface area contributed by atoms with Crippen molar-refractivity contribution >= 4 is 33.3 Å². The number of ketones is 2. The van der Waals surface area contributed by atoms with Gasteiger partial charge in [-0.3, -0.25) is 9.59 Å². The van der Waals surface area contributed by atoms with Crippen LogP contribution in [0.3, 0.4) is 0 Å². The third kappa shape index (κ3) is 1.27. The molecule has 0 spiro atoms. The Morgan fingerprint density at radius 3 is 2.37 bits per heavy atom. The summed E-state index contributed by atoms with van der Waals surface area (Å²) in [6, 6.07) is 10.3. The average Bonchev–Trinajstić information content (AvgIpc) is 2.92. The van der Waals surface area contributed by atoms with Gasteiger partial charge in [0.15, 0.2) is 11.6 Å². The van der Waals surface area contributed by atoms with Crippen LogP contribution in [0.15, 0.2) is 36.4 Å². The maximum absolute atomic E-state index is 12.6. The molecule has 4 nitrogen and oxygen atoms in total. The lowest BCUT2D eigenvalue weighted by molar-refractivity contribution is 0.0980. The van der Waals surface area contributed by atoms with Gasteiger partial charge in [-0.25, -0.2) is 0 Å². The molecule has 0 bridgehead atoms. The lowest BCUT2D eigenvalue weighted by atomic mass is 9.84. The van der Waals surface area contributed by atoms with Crippen molar-refractivity contribution in [2.75, 3.05) is 0 Å². The number of nitrogens with zero attached hydrogens (tertiary/aromatic N) is 2. The number of fused-ring (bicyclic) bond motifs is 4. The van der Waals surface area contributed by atoms with Crippen molar-refractivity contribution in [1.29, 1.82) is 0 Å². The topological polar surface area (TPSA) is 59.9 Å². The first-order valence-corrected chi connectivity index (χ1v) is 6.48. The molecule has 2 aromatic carbocycles. The van der Waals surface area contributed by atoms with Gasteiger partial charge in [-0.1, -0.05) is 28.8 Å². The summed E-state index contributed by atoms with van der Waals surface area (Å²) < 4.78 is 4.54. The lowest BCUT2D eigenvalue weighted by Crippen LogP contribution is -2.20. The molecule has 0 aliphatic heterocycles. The number of hydrogen-bond acceptors (Lipinski definition) is 5. The molecule has 90 valence electrons. The summed E-state index contributed by atoms with van der Waals surface area (Å²) in [5.74, 6) is -0.234. The Balaban J connectivity index is 2.14. The molecule has 0 fully saturated rings. The van der Waals surface area contributed by atoms with Crippen LogP contribution in [0, 0.1) is 0 Å². The highest BCUT2D eigenvalue weighted by molar-refractivity contribution is 7.13. The predicted molar refractivity (Wildman–Crippen MR) is 70.7 cm³/mol. The summed E-state index contributed by atoms with van der Waals surface area (Å²) in [5, 5.41) is 3.95. The second kappa shape index (κ2) is 3.55.